The van der Waals surface area contributed by atoms with E-state index in [1.54, 1.807) is 0 Å². The molecule has 0 saturated carbocycles. The van der Waals surface area contributed by atoms with Crippen LogP contribution < -0.4 is 10.6 Å². The third kappa shape index (κ3) is 33.5. The summed E-state index contributed by atoms with van der Waals surface area (Å²) in [5.41, 5.74) is 0. The van der Waals surface area contributed by atoms with Gasteiger partial charge in [-0.05, 0) is 78.4 Å². The van der Waals surface area contributed by atoms with E-state index < -0.39 is 0 Å². The number of allylic oxidation sites excluding steroid dienone is 2. The number of nitrogens with one attached hydrogen (secondary N) is 2. The van der Waals surface area contributed by atoms with Crippen molar-refractivity contribution in [3.05, 3.63) is 24.3 Å². The molecule has 0 bridgehead atoms. The highest BCUT2D eigenvalue weighted by molar-refractivity contribution is 5.76. The van der Waals surface area contributed by atoms with Gasteiger partial charge in [0.25, 0.3) is 0 Å². The van der Waals surface area contributed by atoms with Crippen LogP contribution >= 0.6 is 0 Å². The van der Waals surface area contributed by atoms with Gasteiger partial charge in [-0.2, -0.15) is 0 Å². The van der Waals surface area contributed by atoms with Crippen LogP contribution in [0, 0.1) is 0 Å². The van der Waals surface area contributed by atoms with Crippen LogP contribution in [-0.4, -0.2) is 74.3 Å². The van der Waals surface area contributed by atoms with Gasteiger partial charge in [-0.25, -0.2) is 0 Å². The number of rotatable bonds is 34. The average Bonchev–Trinajstić information content (AvgIpc) is 3.05. The minimum Gasteiger partial charge on any atom is -0.353 e. The van der Waals surface area contributed by atoms with Crippen LogP contribution in [-0.2, 0) is 14.4 Å². The van der Waals surface area contributed by atoms with Crippen molar-refractivity contribution in [3.63, 3.8) is 0 Å². The quantitative estimate of drug-likeness (QED) is 0.0533. The first-order chi connectivity index (χ1) is 22.9. The molecular weight excluding hydrogens is 584 g/mol. The SMILES string of the molecule is CCCCCCC=CCNC(=O)CCCCCCCN(CCCCCCCC(=O)NCC=CCCCCCC)C(=O)CCCN(C)C. The van der Waals surface area contributed by atoms with Gasteiger partial charge in [0.05, 0.1) is 0 Å². The van der Waals surface area contributed by atoms with E-state index in [-0.39, 0.29) is 17.7 Å². The summed E-state index contributed by atoms with van der Waals surface area (Å²) >= 11 is 0. The third-order valence-corrected chi connectivity index (χ3v) is 8.63. The Hall–Kier alpha value is -2.15. The first kappa shape index (κ1) is 44.9. The van der Waals surface area contributed by atoms with Gasteiger partial charge in [0.1, 0.15) is 0 Å². The molecule has 0 atom stereocenters. The summed E-state index contributed by atoms with van der Waals surface area (Å²) in [5, 5.41) is 6.00. The molecule has 0 saturated heterocycles. The molecule has 0 rings (SSSR count). The zero-order valence-electron chi connectivity index (χ0n) is 31.4. The van der Waals surface area contributed by atoms with Gasteiger partial charge in [0, 0.05) is 45.4 Å². The lowest BCUT2D eigenvalue weighted by Crippen LogP contribution is -2.33. The Morgan fingerprint density at radius 2 is 0.894 bits per heavy atom. The van der Waals surface area contributed by atoms with E-state index in [9.17, 15) is 14.4 Å². The van der Waals surface area contributed by atoms with Crippen LogP contribution in [0.3, 0.4) is 0 Å². The van der Waals surface area contributed by atoms with Gasteiger partial charge < -0.3 is 20.4 Å². The summed E-state index contributed by atoms with van der Waals surface area (Å²) in [6, 6.07) is 0. The molecule has 0 aliphatic carbocycles. The minimum atomic E-state index is 0.148. The van der Waals surface area contributed by atoms with Gasteiger partial charge >= 0.3 is 0 Å². The zero-order chi connectivity index (χ0) is 34.6. The van der Waals surface area contributed by atoms with Gasteiger partial charge in [0.15, 0.2) is 0 Å². The molecule has 0 spiro atoms. The van der Waals surface area contributed by atoms with Crippen LogP contribution in [0.15, 0.2) is 24.3 Å². The highest BCUT2D eigenvalue weighted by Gasteiger charge is 2.13. The summed E-state index contributed by atoms with van der Waals surface area (Å²) in [6.45, 7) is 8.33. The Balaban J connectivity index is 4.07. The second kappa shape index (κ2) is 35.2. The molecule has 47 heavy (non-hydrogen) atoms. The van der Waals surface area contributed by atoms with Gasteiger partial charge in [0.2, 0.25) is 17.7 Å². The lowest BCUT2D eigenvalue weighted by atomic mass is 10.1. The largest absolute Gasteiger partial charge is 0.353 e. The lowest BCUT2D eigenvalue weighted by molar-refractivity contribution is -0.131. The van der Waals surface area contributed by atoms with E-state index in [2.05, 4.69) is 72.7 Å². The van der Waals surface area contributed by atoms with Crippen LogP contribution in [0.2, 0.25) is 0 Å². The molecule has 0 aromatic rings. The Bertz CT molecular complexity index is 744. The predicted molar refractivity (Wildman–Crippen MR) is 202 cm³/mol. The smallest absolute Gasteiger partial charge is 0.222 e. The fourth-order valence-corrected chi connectivity index (χ4v) is 5.61. The Morgan fingerprint density at radius 1 is 0.468 bits per heavy atom. The molecular formula is C40H76N4O3. The van der Waals surface area contributed by atoms with Crippen LogP contribution in [0.5, 0.6) is 0 Å². The summed E-state index contributed by atoms with van der Waals surface area (Å²) in [5.74, 6) is 0.578. The molecule has 0 aliphatic rings. The fraction of sp³-hybridized carbons (Fsp3) is 0.825. The van der Waals surface area contributed by atoms with Crippen molar-refractivity contribution in [2.45, 2.75) is 168 Å². The van der Waals surface area contributed by atoms with Crippen LogP contribution in [0.1, 0.15) is 168 Å². The highest BCUT2D eigenvalue weighted by atomic mass is 16.2. The van der Waals surface area contributed by atoms with E-state index in [1.807, 2.05) is 0 Å². The molecule has 0 aromatic carbocycles. The normalized spacial score (nSPS) is 11.6. The Kier molecular flexibility index (Phi) is 33.6. The monoisotopic (exact) mass is 661 g/mol. The topological polar surface area (TPSA) is 81.8 Å². The van der Waals surface area contributed by atoms with E-state index >= 15 is 0 Å². The first-order valence-electron chi connectivity index (χ1n) is 19.7. The maximum atomic E-state index is 13.0. The third-order valence-electron chi connectivity index (χ3n) is 8.63. The fourth-order valence-electron chi connectivity index (χ4n) is 5.61. The number of hydrogen-bond acceptors (Lipinski definition) is 4. The molecule has 0 heterocycles. The average molecular weight is 661 g/mol. The molecule has 3 amide bonds. The van der Waals surface area contributed by atoms with E-state index in [0.717, 1.165) is 103 Å². The summed E-state index contributed by atoms with van der Waals surface area (Å²) in [6.07, 6.45) is 34.1. The maximum Gasteiger partial charge on any atom is 0.222 e. The molecule has 0 fully saturated rings. The van der Waals surface area contributed by atoms with E-state index in [0.29, 0.717) is 32.4 Å². The number of hydrogen-bond donors (Lipinski definition) is 2. The van der Waals surface area contributed by atoms with Crippen molar-refractivity contribution in [2.24, 2.45) is 0 Å². The van der Waals surface area contributed by atoms with Crippen molar-refractivity contribution in [1.29, 1.82) is 0 Å². The number of unbranched alkanes of at least 4 members (excludes halogenated alkanes) is 16. The van der Waals surface area contributed by atoms with Crippen LogP contribution in [0.25, 0.3) is 0 Å². The lowest BCUT2D eigenvalue weighted by Gasteiger charge is -2.23. The van der Waals surface area contributed by atoms with Gasteiger partial charge in [-0.3, -0.25) is 14.4 Å². The Labute approximate surface area is 291 Å². The van der Waals surface area contributed by atoms with Gasteiger partial charge in [-0.15, -0.1) is 0 Å². The van der Waals surface area contributed by atoms with Crippen molar-refractivity contribution in [1.82, 2.24) is 20.4 Å². The van der Waals surface area contributed by atoms with E-state index in [4.69, 9.17) is 0 Å². The van der Waals surface area contributed by atoms with Crippen molar-refractivity contribution in [2.75, 3.05) is 46.8 Å². The van der Waals surface area contributed by atoms with Crippen molar-refractivity contribution >= 4 is 17.7 Å². The molecule has 7 nitrogen and oxygen atoms in total. The summed E-state index contributed by atoms with van der Waals surface area (Å²) in [7, 11) is 4.10. The molecule has 0 aliphatic heterocycles. The molecule has 274 valence electrons. The van der Waals surface area contributed by atoms with Crippen molar-refractivity contribution < 1.29 is 14.4 Å². The number of nitrogens with zero attached hydrogens (tertiary/aromatic N) is 2. The predicted octanol–water partition coefficient (Wildman–Crippen LogP) is 9.12. The summed E-state index contributed by atoms with van der Waals surface area (Å²) in [4.78, 5) is 41.4. The molecule has 7 heteroatoms. The van der Waals surface area contributed by atoms with Crippen LogP contribution in [0.4, 0.5) is 0 Å². The maximum absolute atomic E-state index is 13.0. The number of carbonyl (C=O) groups excluding carboxylic acids is 3. The second-order valence-corrected chi connectivity index (χ2v) is 13.6. The number of carbonyl (C=O) groups is 3. The minimum absolute atomic E-state index is 0.148. The summed E-state index contributed by atoms with van der Waals surface area (Å²) < 4.78 is 0. The molecule has 0 unspecified atom stereocenters. The highest BCUT2D eigenvalue weighted by Crippen LogP contribution is 2.11. The standard InChI is InChI=1S/C40H76N4O3/c1-5-7-9-11-13-19-25-33-41-38(45)30-23-17-15-21-27-36-44(40(47)32-29-35-43(3)4)37-28-22-16-18-24-31-39(46)42-34-26-20-14-12-10-8-6-2/h19-20,25-26H,5-18,21-24,27-37H2,1-4H3,(H,41,45)(H,42,46). The first-order valence-corrected chi connectivity index (χ1v) is 19.7. The molecule has 0 aromatic heterocycles. The Morgan fingerprint density at radius 3 is 1.34 bits per heavy atom. The molecule has 0 radical (unpaired) electrons. The zero-order valence-corrected chi connectivity index (χ0v) is 31.4. The van der Waals surface area contributed by atoms with Crippen molar-refractivity contribution in [3.8, 4) is 0 Å². The number of amides is 3. The second-order valence-electron chi connectivity index (χ2n) is 13.6. The van der Waals surface area contributed by atoms with E-state index in [1.165, 1.54) is 51.4 Å². The molecule has 2 N–H and O–H groups in total. The van der Waals surface area contributed by atoms with Gasteiger partial charge in [-0.1, -0.05) is 115 Å².